The van der Waals surface area contributed by atoms with E-state index in [4.69, 9.17) is 9.15 Å². The van der Waals surface area contributed by atoms with Crippen molar-refractivity contribution in [1.29, 1.82) is 0 Å². The molecule has 1 aliphatic heterocycles. The summed E-state index contributed by atoms with van der Waals surface area (Å²) in [6, 6.07) is 4.79. The highest BCUT2D eigenvalue weighted by Gasteiger charge is 2.29. The van der Waals surface area contributed by atoms with Crippen molar-refractivity contribution < 1.29 is 22.4 Å². The van der Waals surface area contributed by atoms with E-state index in [1.807, 2.05) is 6.92 Å². The van der Waals surface area contributed by atoms with Crippen LogP contribution < -0.4 is 15.7 Å². The van der Waals surface area contributed by atoms with E-state index >= 15 is 0 Å². The van der Waals surface area contributed by atoms with Gasteiger partial charge in [0.25, 0.3) is 0 Å². The fourth-order valence-electron chi connectivity index (χ4n) is 3.22. The maximum atomic E-state index is 12.4. The maximum absolute atomic E-state index is 12.4. The highest BCUT2D eigenvalue weighted by atomic mass is 32.2. The Balaban J connectivity index is 1.80. The molecule has 1 N–H and O–H groups in total. The summed E-state index contributed by atoms with van der Waals surface area (Å²) < 4.78 is 34.0. The Morgan fingerprint density at radius 2 is 2.14 bits per heavy atom. The molecule has 2 heterocycles. The van der Waals surface area contributed by atoms with E-state index in [2.05, 4.69) is 11.9 Å². The second-order valence-corrected chi connectivity index (χ2v) is 9.47. The topological polar surface area (TPSA) is 103 Å². The molecule has 1 unspecified atom stereocenters. The van der Waals surface area contributed by atoms with Crippen LogP contribution in [0.1, 0.15) is 24.5 Å². The Labute approximate surface area is 163 Å². The second kappa shape index (κ2) is 7.79. The molecule has 1 aliphatic rings. The number of benzene rings is 1. The standard InChI is InChI=1S/C20H23NO6S/c1-12(2)10-26-15-4-5-16-13(3)17(20(23)27-18(16)8-15)9-19(22)21-14-6-7-28(24,25)11-14/h4-5,8,14H,1,6-7,9-11H2,2-3H3,(H,21,22). The molecule has 2 aromatic rings. The molecule has 150 valence electrons. The molecule has 0 saturated carbocycles. The fourth-order valence-corrected chi connectivity index (χ4v) is 4.90. The van der Waals surface area contributed by atoms with Crippen molar-refractivity contribution in [3.63, 3.8) is 0 Å². The lowest BCUT2D eigenvalue weighted by Crippen LogP contribution is -2.37. The Morgan fingerprint density at radius 1 is 1.39 bits per heavy atom. The van der Waals surface area contributed by atoms with Gasteiger partial charge in [0.05, 0.1) is 23.5 Å². The van der Waals surface area contributed by atoms with Crippen LogP contribution in [0.2, 0.25) is 0 Å². The zero-order valence-electron chi connectivity index (χ0n) is 15.9. The number of fused-ring (bicyclic) bond motifs is 1. The third kappa shape index (κ3) is 4.62. The minimum absolute atomic E-state index is 0.0585. The number of hydrogen-bond acceptors (Lipinski definition) is 6. The van der Waals surface area contributed by atoms with Gasteiger partial charge in [0.1, 0.15) is 17.9 Å². The summed E-state index contributed by atoms with van der Waals surface area (Å²) in [5, 5.41) is 3.41. The Bertz CT molecular complexity index is 1100. The molecule has 1 amide bonds. The number of rotatable bonds is 6. The lowest BCUT2D eigenvalue weighted by atomic mass is 10.0. The van der Waals surface area contributed by atoms with Crippen molar-refractivity contribution in [2.24, 2.45) is 0 Å². The summed E-state index contributed by atoms with van der Waals surface area (Å²) in [6.45, 7) is 7.75. The molecule has 1 saturated heterocycles. The summed E-state index contributed by atoms with van der Waals surface area (Å²) in [5.41, 5.74) is 1.59. The Morgan fingerprint density at radius 3 is 2.79 bits per heavy atom. The van der Waals surface area contributed by atoms with E-state index in [1.54, 1.807) is 25.1 Å². The molecular weight excluding hydrogens is 382 g/mol. The highest BCUT2D eigenvalue weighted by molar-refractivity contribution is 7.91. The van der Waals surface area contributed by atoms with Crippen molar-refractivity contribution in [3.8, 4) is 5.75 Å². The molecule has 7 nitrogen and oxygen atoms in total. The van der Waals surface area contributed by atoms with Gasteiger partial charge in [-0.3, -0.25) is 4.79 Å². The van der Waals surface area contributed by atoms with Gasteiger partial charge in [0, 0.05) is 17.5 Å². The van der Waals surface area contributed by atoms with Gasteiger partial charge < -0.3 is 14.5 Å². The van der Waals surface area contributed by atoms with Crippen molar-refractivity contribution in [1.82, 2.24) is 5.32 Å². The van der Waals surface area contributed by atoms with Crippen molar-refractivity contribution in [3.05, 3.63) is 51.9 Å². The predicted molar refractivity (Wildman–Crippen MR) is 106 cm³/mol. The molecule has 1 atom stereocenters. The normalized spacial score (nSPS) is 18.1. The van der Waals surface area contributed by atoms with Gasteiger partial charge in [-0.25, -0.2) is 13.2 Å². The minimum atomic E-state index is -3.09. The van der Waals surface area contributed by atoms with Crippen LogP contribution in [0.25, 0.3) is 11.0 Å². The number of sulfone groups is 1. The second-order valence-electron chi connectivity index (χ2n) is 7.24. The van der Waals surface area contributed by atoms with Crippen LogP contribution in [0.15, 0.2) is 39.6 Å². The van der Waals surface area contributed by atoms with Crippen molar-refractivity contribution in [2.75, 3.05) is 18.1 Å². The van der Waals surface area contributed by atoms with E-state index in [0.717, 1.165) is 5.57 Å². The van der Waals surface area contributed by atoms with Gasteiger partial charge in [-0.05, 0) is 43.5 Å². The fraction of sp³-hybridized carbons (Fsp3) is 0.400. The van der Waals surface area contributed by atoms with E-state index in [0.29, 0.717) is 35.3 Å². The number of carbonyl (C=O) groups excluding carboxylic acids is 1. The number of aryl methyl sites for hydroxylation is 1. The van der Waals surface area contributed by atoms with E-state index in [1.165, 1.54) is 0 Å². The Hall–Kier alpha value is -2.61. The molecule has 28 heavy (non-hydrogen) atoms. The summed E-state index contributed by atoms with van der Waals surface area (Å²) in [6.07, 6.45) is 0.237. The number of ether oxygens (including phenoxy) is 1. The average Bonchev–Trinajstić information content (AvgIpc) is 2.94. The first-order chi connectivity index (χ1) is 13.1. The first-order valence-electron chi connectivity index (χ1n) is 8.98. The largest absolute Gasteiger partial charge is 0.489 e. The van der Waals surface area contributed by atoms with Crippen LogP contribution in [0.5, 0.6) is 5.75 Å². The molecule has 0 spiro atoms. The van der Waals surface area contributed by atoms with Crippen LogP contribution in [-0.4, -0.2) is 38.5 Å². The number of nitrogens with one attached hydrogen (secondary N) is 1. The van der Waals surface area contributed by atoms with Gasteiger partial charge in [-0.2, -0.15) is 0 Å². The molecular formula is C20H23NO6S. The predicted octanol–water partition coefficient (Wildman–Crippen LogP) is 1.90. The summed E-state index contributed by atoms with van der Waals surface area (Å²) in [7, 11) is -3.09. The van der Waals surface area contributed by atoms with Crippen LogP contribution in [0, 0.1) is 6.92 Å². The van der Waals surface area contributed by atoms with Crippen LogP contribution >= 0.6 is 0 Å². The lowest BCUT2D eigenvalue weighted by Gasteiger charge is -2.12. The van der Waals surface area contributed by atoms with Gasteiger partial charge in [-0.15, -0.1) is 0 Å². The van der Waals surface area contributed by atoms with Gasteiger partial charge in [0.15, 0.2) is 9.84 Å². The molecule has 1 aromatic heterocycles. The molecule has 0 aliphatic carbocycles. The lowest BCUT2D eigenvalue weighted by molar-refractivity contribution is -0.121. The number of carbonyl (C=O) groups is 1. The smallest absolute Gasteiger partial charge is 0.340 e. The molecule has 1 aromatic carbocycles. The van der Waals surface area contributed by atoms with Crippen molar-refractivity contribution >= 4 is 26.7 Å². The van der Waals surface area contributed by atoms with Gasteiger partial charge in [0.2, 0.25) is 5.91 Å². The maximum Gasteiger partial charge on any atom is 0.340 e. The number of amides is 1. The molecule has 1 fully saturated rings. The highest BCUT2D eigenvalue weighted by Crippen LogP contribution is 2.24. The van der Waals surface area contributed by atoms with Crippen LogP contribution in [0.3, 0.4) is 0 Å². The average molecular weight is 405 g/mol. The third-order valence-corrected chi connectivity index (χ3v) is 6.45. The summed E-state index contributed by atoms with van der Waals surface area (Å²) in [5.74, 6) is 0.186. The summed E-state index contributed by atoms with van der Waals surface area (Å²) >= 11 is 0. The Kier molecular flexibility index (Phi) is 5.60. The quantitative estimate of drug-likeness (QED) is 0.582. The SMILES string of the molecule is C=C(C)COc1ccc2c(C)c(CC(=O)NC3CCS(=O)(=O)C3)c(=O)oc2c1. The minimum Gasteiger partial charge on any atom is -0.489 e. The van der Waals surface area contributed by atoms with E-state index in [9.17, 15) is 18.0 Å². The zero-order valence-corrected chi connectivity index (χ0v) is 16.7. The summed E-state index contributed by atoms with van der Waals surface area (Å²) in [4.78, 5) is 24.7. The van der Waals surface area contributed by atoms with E-state index < -0.39 is 27.4 Å². The van der Waals surface area contributed by atoms with Crippen LogP contribution in [0.4, 0.5) is 0 Å². The van der Waals surface area contributed by atoms with Gasteiger partial charge >= 0.3 is 5.63 Å². The molecule has 8 heteroatoms. The van der Waals surface area contributed by atoms with Gasteiger partial charge in [-0.1, -0.05) is 6.58 Å². The van der Waals surface area contributed by atoms with Crippen LogP contribution in [-0.2, 0) is 21.1 Å². The van der Waals surface area contributed by atoms with Crippen molar-refractivity contribution in [2.45, 2.75) is 32.7 Å². The molecule has 0 bridgehead atoms. The van der Waals surface area contributed by atoms with E-state index in [-0.39, 0.29) is 23.5 Å². The monoisotopic (exact) mass is 405 g/mol. The molecule has 0 radical (unpaired) electrons. The zero-order chi connectivity index (χ0) is 20.5. The first-order valence-corrected chi connectivity index (χ1v) is 10.8. The molecule has 3 rings (SSSR count). The third-order valence-electron chi connectivity index (χ3n) is 4.68. The first kappa shape index (κ1) is 20.1. The number of hydrogen-bond donors (Lipinski definition) is 1.